The van der Waals surface area contributed by atoms with E-state index in [1.165, 1.54) is 0 Å². The molecule has 0 bridgehead atoms. The number of ether oxygens (including phenoxy) is 1. The molecule has 1 N–H and O–H groups in total. The average Bonchev–Trinajstić information content (AvgIpc) is 3.52. The molecule has 1 atom stereocenters. The van der Waals surface area contributed by atoms with Gasteiger partial charge in [0.25, 0.3) is 5.91 Å². The lowest BCUT2D eigenvalue weighted by molar-refractivity contribution is -0.133. The maximum atomic E-state index is 13.6. The summed E-state index contributed by atoms with van der Waals surface area (Å²) in [6.07, 6.45) is 0.611. The Morgan fingerprint density at radius 3 is 2.63 bits per heavy atom. The van der Waals surface area contributed by atoms with Crippen LogP contribution in [0, 0.1) is 0 Å². The molecule has 4 rings (SSSR count). The lowest BCUT2D eigenvalue weighted by Gasteiger charge is -2.31. The van der Waals surface area contributed by atoms with Crippen LogP contribution in [0.2, 0.25) is 5.02 Å². The van der Waals surface area contributed by atoms with Crippen LogP contribution in [-0.4, -0.2) is 84.4 Å². The van der Waals surface area contributed by atoms with Crippen molar-refractivity contribution in [2.45, 2.75) is 32.4 Å². The summed E-state index contributed by atoms with van der Waals surface area (Å²) in [5, 5.41) is 11.8. The van der Waals surface area contributed by atoms with E-state index in [1.807, 2.05) is 55.6 Å². The highest BCUT2D eigenvalue weighted by Gasteiger charge is 2.34. The summed E-state index contributed by atoms with van der Waals surface area (Å²) in [4.78, 5) is 31.5. The summed E-state index contributed by atoms with van der Waals surface area (Å²) in [5.41, 5.74) is 1.84. The van der Waals surface area contributed by atoms with Crippen LogP contribution in [0.3, 0.4) is 0 Å². The fraction of sp³-hybridized carbons (Fsp3) is 0.480. The number of nitrogens with zero attached hydrogens (tertiary/aromatic N) is 4. The van der Waals surface area contributed by atoms with Gasteiger partial charge < -0.3 is 15.0 Å². The minimum absolute atomic E-state index is 0.0273. The van der Waals surface area contributed by atoms with E-state index in [-0.39, 0.29) is 30.6 Å². The van der Waals surface area contributed by atoms with Crippen LogP contribution in [0.5, 0.6) is 0 Å². The number of carbonyl (C=O) groups is 2. The number of halogens is 1. The largest absolute Gasteiger partial charge is 0.379 e. The Bertz CT molecular complexity index is 1020. The maximum Gasteiger partial charge on any atom is 0.318 e. The lowest BCUT2D eigenvalue weighted by atomic mass is 10.0. The first kappa shape index (κ1) is 25.6. The molecule has 0 unspecified atom stereocenters. The second kappa shape index (κ2) is 12.0. The van der Waals surface area contributed by atoms with Crippen molar-refractivity contribution >= 4 is 40.6 Å². The van der Waals surface area contributed by atoms with E-state index in [2.05, 4.69) is 10.2 Å². The Hall–Kier alpha value is -2.46. The number of morpholine rings is 1. The molecule has 1 aromatic heterocycles. The topological polar surface area (TPSA) is 77.5 Å². The molecule has 0 radical (unpaired) electrons. The minimum atomic E-state index is -0.244. The molecule has 3 amide bonds. The van der Waals surface area contributed by atoms with Crippen LogP contribution in [0.15, 0.2) is 46.9 Å². The summed E-state index contributed by atoms with van der Waals surface area (Å²) in [6.45, 7) is 7.94. The van der Waals surface area contributed by atoms with E-state index < -0.39 is 0 Å². The summed E-state index contributed by atoms with van der Waals surface area (Å²) in [7, 11) is 0. The molecular formula is C25H32ClN5O3S. The second-order valence-electron chi connectivity index (χ2n) is 9.01. The smallest absolute Gasteiger partial charge is 0.318 e. The van der Waals surface area contributed by atoms with Gasteiger partial charge in [0.1, 0.15) is 6.54 Å². The minimum Gasteiger partial charge on any atom is -0.379 e. The number of urea groups is 1. The molecule has 1 fully saturated rings. The molecular weight excluding hydrogens is 486 g/mol. The number of benzene rings is 1. The highest BCUT2D eigenvalue weighted by Crippen LogP contribution is 2.34. The standard InChI is InChI=1S/C25H32ClN5O3S/c1-18(2)27-25(33)30(10-9-29-11-13-34-14-12-29)17-24(32)31-22(19-5-7-20(26)8-6-19)16-21(28-31)23-4-3-15-35-23/h3-8,15,18,22H,9-14,16-17H2,1-2H3,(H,27,33)/t22-/m1/s1. The Labute approximate surface area is 215 Å². The monoisotopic (exact) mass is 517 g/mol. The van der Waals surface area contributed by atoms with E-state index in [9.17, 15) is 9.59 Å². The molecule has 2 aromatic rings. The Kier molecular flexibility index (Phi) is 8.78. The number of carbonyl (C=O) groups excluding carboxylic acids is 2. The molecule has 2 aliphatic heterocycles. The first-order chi connectivity index (χ1) is 16.9. The normalized spacial score (nSPS) is 18.6. The zero-order valence-corrected chi connectivity index (χ0v) is 21.7. The van der Waals surface area contributed by atoms with Crippen LogP contribution < -0.4 is 5.32 Å². The van der Waals surface area contributed by atoms with Crippen molar-refractivity contribution in [1.82, 2.24) is 20.1 Å². The van der Waals surface area contributed by atoms with Crippen molar-refractivity contribution in [2.24, 2.45) is 5.10 Å². The second-order valence-corrected chi connectivity index (χ2v) is 10.4. The van der Waals surface area contributed by atoms with Gasteiger partial charge in [-0.15, -0.1) is 11.3 Å². The zero-order chi connectivity index (χ0) is 24.8. The third-order valence-corrected chi connectivity index (χ3v) is 7.21. The van der Waals surface area contributed by atoms with Gasteiger partial charge in [0.2, 0.25) is 0 Å². The Morgan fingerprint density at radius 2 is 1.97 bits per heavy atom. The van der Waals surface area contributed by atoms with Gasteiger partial charge in [-0.05, 0) is 43.0 Å². The van der Waals surface area contributed by atoms with Gasteiger partial charge in [0, 0.05) is 43.7 Å². The highest BCUT2D eigenvalue weighted by molar-refractivity contribution is 7.12. The summed E-state index contributed by atoms with van der Waals surface area (Å²) in [5.74, 6) is -0.211. The van der Waals surface area contributed by atoms with Gasteiger partial charge in [-0.1, -0.05) is 29.8 Å². The molecule has 8 nitrogen and oxygen atoms in total. The van der Waals surface area contributed by atoms with Crippen molar-refractivity contribution in [1.29, 1.82) is 0 Å². The van der Waals surface area contributed by atoms with Crippen molar-refractivity contribution in [3.8, 4) is 0 Å². The van der Waals surface area contributed by atoms with Gasteiger partial charge in [0.05, 0.1) is 29.8 Å². The van der Waals surface area contributed by atoms with Gasteiger partial charge in [-0.25, -0.2) is 9.80 Å². The molecule has 188 valence electrons. The van der Waals surface area contributed by atoms with Gasteiger partial charge in [-0.3, -0.25) is 9.69 Å². The number of rotatable bonds is 8. The van der Waals surface area contributed by atoms with Gasteiger partial charge >= 0.3 is 6.03 Å². The zero-order valence-electron chi connectivity index (χ0n) is 20.2. The molecule has 10 heteroatoms. The number of hydrazone groups is 1. The van der Waals surface area contributed by atoms with Crippen LogP contribution in [-0.2, 0) is 9.53 Å². The van der Waals surface area contributed by atoms with E-state index in [1.54, 1.807) is 21.2 Å². The summed E-state index contributed by atoms with van der Waals surface area (Å²) in [6, 6.07) is 11.0. The van der Waals surface area contributed by atoms with Crippen molar-refractivity contribution in [3.63, 3.8) is 0 Å². The van der Waals surface area contributed by atoms with Crippen molar-refractivity contribution in [2.75, 3.05) is 45.9 Å². The molecule has 3 heterocycles. The van der Waals surface area contributed by atoms with E-state index in [0.29, 0.717) is 37.7 Å². The van der Waals surface area contributed by atoms with Crippen LogP contribution >= 0.6 is 22.9 Å². The van der Waals surface area contributed by atoms with E-state index >= 15 is 0 Å². The summed E-state index contributed by atoms with van der Waals surface area (Å²) >= 11 is 7.70. The molecule has 1 saturated heterocycles. The van der Waals surface area contributed by atoms with Crippen LogP contribution in [0.1, 0.15) is 36.8 Å². The molecule has 2 aliphatic rings. The number of nitrogens with one attached hydrogen (secondary N) is 1. The van der Waals surface area contributed by atoms with Crippen LogP contribution in [0.25, 0.3) is 0 Å². The number of thiophene rings is 1. The number of amides is 3. The quantitative estimate of drug-likeness (QED) is 0.577. The summed E-state index contributed by atoms with van der Waals surface area (Å²) < 4.78 is 5.42. The van der Waals surface area contributed by atoms with Gasteiger partial charge in [-0.2, -0.15) is 5.10 Å². The molecule has 35 heavy (non-hydrogen) atoms. The average molecular weight is 518 g/mol. The maximum absolute atomic E-state index is 13.6. The highest BCUT2D eigenvalue weighted by atomic mass is 35.5. The van der Waals surface area contributed by atoms with Gasteiger partial charge in [0.15, 0.2) is 0 Å². The fourth-order valence-corrected chi connectivity index (χ4v) is 5.04. The predicted octanol–water partition coefficient (Wildman–Crippen LogP) is 3.83. The number of hydrogen-bond donors (Lipinski definition) is 1. The third kappa shape index (κ3) is 6.82. The molecule has 0 saturated carbocycles. The molecule has 1 aromatic carbocycles. The lowest BCUT2D eigenvalue weighted by Crippen LogP contribution is -2.50. The Balaban J connectivity index is 1.52. The van der Waals surface area contributed by atoms with E-state index in [4.69, 9.17) is 21.4 Å². The van der Waals surface area contributed by atoms with Crippen molar-refractivity contribution in [3.05, 3.63) is 57.2 Å². The van der Waals surface area contributed by atoms with Crippen LogP contribution in [0.4, 0.5) is 4.79 Å². The molecule has 0 spiro atoms. The first-order valence-electron chi connectivity index (χ1n) is 11.9. The number of hydrogen-bond acceptors (Lipinski definition) is 6. The SMILES string of the molecule is CC(C)NC(=O)N(CCN1CCOCC1)CC(=O)N1N=C(c2cccs2)C[C@@H]1c1ccc(Cl)cc1. The van der Waals surface area contributed by atoms with Crippen molar-refractivity contribution < 1.29 is 14.3 Å². The van der Waals surface area contributed by atoms with E-state index in [0.717, 1.165) is 29.2 Å². The first-order valence-corrected chi connectivity index (χ1v) is 13.2. The third-order valence-electron chi connectivity index (χ3n) is 6.04. The predicted molar refractivity (Wildman–Crippen MR) is 139 cm³/mol. The Morgan fingerprint density at radius 1 is 1.23 bits per heavy atom. The fourth-order valence-electron chi connectivity index (χ4n) is 4.19. The molecule has 0 aliphatic carbocycles.